The number of ketones is 4. The molecule has 3 aliphatic rings. The van der Waals surface area contributed by atoms with E-state index in [-0.39, 0.29) is 127 Å². The summed E-state index contributed by atoms with van der Waals surface area (Å²) in [6, 6.07) is 104. The molecule has 0 fully saturated rings. The Bertz CT molecular complexity index is 7070. The third-order valence-corrected chi connectivity index (χ3v) is 42.2. The van der Waals surface area contributed by atoms with Gasteiger partial charge in [0.25, 0.3) is 0 Å². The summed E-state index contributed by atoms with van der Waals surface area (Å²) in [5.74, 6) is -0.250. The number of aryl methyl sites for hydroxylation is 1. The fraction of sp³-hybridized carbons (Fsp3) is 0.207. The van der Waals surface area contributed by atoms with Crippen LogP contribution < -0.4 is 51.9 Å². The second kappa shape index (κ2) is 50.7. The first-order valence-electron chi connectivity index (χ1n) is 46.2. The fourth-order valence-corrected chi connectivity index (χ4v) is 31.0. The molecule has 0 unspecified atom stereocenters. The van der Waals surface area contributed by atoms with Crippen LogP contribution in [0.5, 0.6) is 0 Å². The zero-order valence-electron chi connectivity index (χ0n) is 84.8. The summed E-state index contributed by atoms with van der Waals surface area (Å²) in [4.78, 5) is 59.7. The fourth-order valence-electron chi connectivity index (χ4n) is 17.1. The molecule has 4 N–H and O–H groups in total. The van der Waals surface area contributed by atoms with Crippen molar-refractivity contribution in [3.63, 3.8) is 0 Å². The van der Waals surface area contributed by atoms with Crippen LogP contribution in [0.15, 0.2) is 337 Å². The van der Waals surface area contributed by atoms with Crippen molar-refractivity contribution >= 4 is 155 Å². The predicted molar refractivity (Wildman–Crippen MR) is 589 cm³/mol. The first-order valence-corrected chi connectivity index (χ1v) is 66.7. The number of hydrogen-bond acceptors (Lipinski definition) is 14. The number of rotatable bonds is 15. The average molecular weight is 2720 g/mol. The van der Waals surface area contributed by atoms with Crippen LogP contribution >= 0.6 is 0 Å². The minimum atomic E-state index is -3.44. The van der Waals surface area contributed by atoms with Gasteiger partial charge in [-0.05, 0) is 156 Å². The minimum absolute atomic E-state index is 0. The van der Waals surface area contributed by atoms with Crippen molar-refractivity contribution in [2.75, 3.05) is 0 Å². The maximum Gasteiger partial charge on any atom is 0.173 e. The molecule has 0 saturated carbocycles. The van der Waals surface area contributed by atoms with Crippen LogP contribution in [0.1, 0.15) is 62.3 Å². The molecule has 15 aromatic rings. The van der Waals surface area contributed by atoms with E-state index in [0.29, 0.717) is 9.79 Å². The Kier molecular flexibility index (Phi) is 42.2. The van der Waals surface area contributed by atoms with Crippen molar-refractivity contribution in [2.24, 2.45) is 0 Å². The van der Waals surface area contributed by atoms with Gasteiger partial charge in [0.05, 0.1) is 68.3 Å². The predicted octanol–water partition coefficient (Wildman–Crippen LogP) is 21.6. The molecular formula is C116H125Ir4N5O10SSi6-4. The number of carbonyl (C=O) groups excluding carboxylic acids is 4. The molecule has 18 rings (SSSR count). The van der Waals surface area contributed by atoms with Gasteiger partial charge in [-0.2, -0.15) is 0 Å². The van der Waals surface area contributed by atoms with E-state index in [1.807, 2.05) is 30.5 Å². The summed E-state index contributed by atoms with van der Waals surface area (Å²) in [5, 5.41) is 50.2. The maximum atomic E-state index is 12.6. The van der Waals surface area contributed by atoms with E-state index in [2.05, 4.69) is 363 Å². The smallest absolute Gasteiger partial charge is 0.173 e. The largest absolute Gasteiger partial charge is 0.512 e. The molecule has 0 atom stereocenters. The van der Waals surface area contributed by atoms with E-state index in [9.17, 15) is 27.6 Å². The van der Waals surface area contributed by atoms with Crippen LogP contribution in [-0.4, -0.2) is 125 Å². The van der Waals surface area contributed by atoms with Crippen molar-refractivity contribution in [1.82, 2.24) is 24.5 Å². The van der Waals surface area contributed by atoms with Crippen molar-refractivity contribution in [3.05, 3.63) is 351 Å². The number of fused-ring (bicyclic) bond motifs is 12. The van der Waals surface area contributed by atoms with Crippen LogP contribution in [-0.2, 0) is 116 Å². The average Bonchev–Trinajstić information content (AvgIpc) is 1.53. The number of carbonyl (C=O) groups is 4. The van der Waals surface area contributed by atoms with Gasteiger partial charge in [-0.1, -0.05) is 323 Å². The number of hydrogen-bond donors (Lipinski definition) is 4. The number of benzene rings is 10. The summed E-state index contributed by atoms with van der Waals surface area (Å²) in [6.45, 7) is 47.5. The molecule has 744 valence electrons. The molecule has 142 heavy (non-hydrogen) atoms. The molecule has 10 aromatic carbocycles. The molecule has 26 heteroatoms. The third kappa shape index (κ3) is 28.9. The van der Waals surface area contributed by atoms with Gasteiger partial charge < -0.3 is 44.9 Å². The summed E-state index contributed by atoms with van der Waals surface area (Å²) < 4.78 is 27.6. The van der Waals surface area contributed by atoms with Crippen molar-refractivity contribution in [1.29, 1.82) is 0 Å². The monoisotopic (exact) mass is 2720 g/mol. The first kappa shape index (κ1) is 118. The normalized spacial score (nSPS) is 13.0. The Morgan fingerprint density at radius 3 is 1.01 bits per heavy atom. The van der Waals surface area contributed by atoms with Crippen LogP contribution in [0.3, 0.4) is 0 Å². The van der Waals surface area contributed by atoms with Crippen LogP contribution in [0.25, 0.3) is 100 Å². The van der Waals surface area contributed by atoms with E-state index in [1.165, 1.54) is 176 Å². The standard InChI is InChI=1S/C32H28NSi2.C22H23N2Si.C22H24NSi2.C20H18NO2SSi.4C5H8O2.4Ir/c1-34(2,3)27-19-20-30(33-23-27)24-18-21-32-29(22-24)28-16-10-11-17-31(28)35(32,25-12-6-4-7-13-25)26-14-8-5-9-15-26;1-5-24-21-9-7-6-8-18(21)19-14-16(10-13-22(19)24)20-12-11-17(15-23-20)25(2,3)4;1-24(2,3)17-11-12-20(23-15-17)16-10-13-22-19(14-16)18-8-6-7-9-21(18)25(22,4)5;1-25(2,3)15-9-10-18(21-13-15)14-8-11-20-17(12-14)16-6-4-5-7-19(16)24(20,22)23;4*1-4(6)3-5(2)7;;;;/h4-17,19-23H,1-3H3;6-9,11-15H,5H2,1-4H3;6-9,11-15H,1-5H3;4-7,9-13H,1-3H3;4*3,6H,1-2H3;;;;/q4*-1;;;;;;;;. The molecular weight excluding hydrogens is 2590 g/mol. The van der Waals surface area contributed by atoms with E-state index >= 15 is 0 Å². The minimum Gasteiger partial charge on any atom is -0.512 e. The van der Waals surface area contributed by atoms with Crippen LogP contribution in [0, 0.1) is 24.3 Å². The summed E-state index contributed by atoms with van der Waals surface area (Å²) in [7, 11) is -12.8. The molecule has 8 heterocycles. The second-order valence-electron chi connectivity index (χ2n) is 39.4. The number of allylic oxidation sites excluding steroid dienone is 8. The molecule has 0 amide bonds. The van der Waals surface area contributed by atoms with Crippen molar-refractivity contribution < 1.29 is 128 Å². The molecule has 0 spiro atoms. The van der Waals surface area contributed by atoms with Gasteiger partial charge in [0, 0.05) is 142 Å². The summed E-state index contributed by atoms with van der Waals surface area (Å²) in [6.07, 6.45) is 12.8. The second-order valence-corrected chi connectivity index (χ2v) is 69.6. The van der Waals surface area contributed by atoms with Gasteiger partial charge in [0.15, 0.2) is 33.0 Å². The molecule has 15 nitrogen and oxygen atoms in total. The molecule has 0 saturated heterocycles. The number of pyridine rings is 4. The van der Waals surface area contributed by atoms with Crippen molar-refractivity contribution in [2.45, 2.75) is 170 Å². The van der Waals surface area contributed by atoms with Crippen LogP contribution in [0.4, 0.5) is 0 Å². The van der Waals surface area contributed by atoms with E-state index in [4.69, 9.17) is 35.4 Å². The Labute approximate surface area is 899 Å². The Morgan fingerprint density at radius 1 is 0.331 bits per heavy atom. The molecule has 4 radical (unpaired) electrons. The number of para-hydroxylation sites is 1. The molecule has 0 aliphatic carbocycles. The number of aromatic nitrogens is 5. The number of nitrogens with zero attached hydrogens (tertiary/aromatic N) is 5. The zero-order chi connectivity index (χ0) is 101. The Hall–Kier alpha value is -10.7. The topological polar surface area (TPSA) is 240 Å². The van der Waals surface area contributed by atoms with Crippen molar-refractivity contribution in [3.8, 4) is 78.4 Å². The van der Waals surface area contributed by atoms with E-state index < -0.39 is 58.3 Å². The van der Waals surface area contributed by atoms with Gasteiger partial charge >= 0.3 is 0 Å². The molecule has 5 aromatic heterocycles. The number of aliphatic hydroxyl groups is 4. The maximum absolute atomic E-state index is 12.6. The Morgan fingerprint density at radius 2 is 0.648 bits per heavy atom. The van der Waals surface area contributed by atoms with Crippen LogP contribution in [0.2, 0.25) is 91.7 Å². The number of aliphatic hydroxyl groups excluding tert-OH is 4. The SMILES string of the molecule is CC(=O)C=C(C)O.CC(=O)C=C(C)O.CC(=O)C=C(C)O.CC(=O)C=C(C)O.CCn1c2c[c-]c(-c3ccc([Si](C)(C)C)cn3)cc2c2ccccc21.C[Si](C)(C)c1ccc(-c2[c-]cc3c(c2)-c2ccccc2S3(=O)=O)nc1.C[Si](C)(C)c1ccc(-c2[c-]cc3c(c2)-c2ccccc2[Si]3(C)C)nc1.C[Si](C)(C)c1ccc(-c2[c-]cc3c(c2)-c2ccccc2[Si]3(c2ccccc2)c2ccccc2)nc1.[Ir].[Ir].[Ir].[Ir]. The van der Waals surface area contributed by atoms with E-state index in [0.717, 1.165) is 62.7 Å². The zero-order valence-corrected chi connectivity index (χ0v) is 101. The van der Waals surface area contributed by atoms with Gasteiger partial charge in [0.1, 0.15) is 8.07 Å². The van der Waals surface area contributed by atoms with E-state index in [1.54, 1.807) is 18.2 Å². The summed E-state index contributed by atoms with van der Waals surface area (Å²) >= 11 is 0. The van der Waals surface area contributed by atoms with Gasteiger partial charge in [0.2, 0.25) is 0 Å². The van der Waals surface area contributed by atoms with Gasteiger partial charge in [-0.3, -0.25) is 19.2 Å². The third-order valence-electron chi connectivity index (χ3n) is 23.9. The van der Waals surface area contributed by atoms with Gasteiger partial charge in [-0.25, -0.2) is 8.42 Å². The quantitative estimate of drug-likeness (QED) is 0.0323. The van der Waals surface area contributed by atoms with Gasteiger partial charge in [-0.15, -0.1) is 105 Å². The first-order chi connectivity index (χ1) is 65.0. The molecule has 0 bridgehead atoms. The molecule has 3 aliphatic heterocycles. The number of sulfone groups is 1. The summed E-state index contributed by atoms with van der Waals surface area (Å²) in [5.41, 5.74) is 17.3. The Balaban J connectivity index is 0.000000235.